The normalized spacial score (nSPS) is 15.2. The molecule has 1 aliphatic carbocycles. The summed E-state index contributed by atoms with van der Waals surface area (Å²) in [6, 6.07) is 6.82. The highest BCUT2D eigenvalue weighted by Gasteiger charge is 2.21. The summed E-state index contributed by atoms with van der Waals surface area (Å²) < 4.78 is 5.07. The lowest BCUT2D eigenvalue weighted by molar-refractivity contribution is 0.218. The fourth-order valence-corrected chi connectivity index (χ4v) is 2.91. The molecule has 1 fully saturated rings. The second-order valence-electron chi connectivity index (χ2n) is 4.21. The fourth-order valence-electron chi connectivity index (χ4n) is 1.61. The van der Waals surface area contributed by atoms with Gasteiger partial charge in [0.25, 0.3) is 0 Å². The van der Waals surface area contributed by atoms with Crippen LogP contribution in [-0.2, 0) is 11.3 Å². The lowest BCUT2D eigenvalue weighted by Crippen LogP contribution is -2.16. The van der Waals surface area contributed by atoms with Crippen molar-refractivity contribution >= 4 is 23.4 Å². The van der Waals surface area contributed by atoms with Gasteiger partial charge in [0.1, 0.15) is 0 Å². The predicted octanol–water partition coefficient (Wildman–Crippen LogP) is 3.33. The Morgan fingerprint density at radius 1 is 1.47 bits per heavy atom. The maximum Gasteiger partial charge on any atom is 0.0556 e. The van der Waals surface area contributed by atoms with Gasteiger partial charge in [0.05, 0.1) is 6.61 Å². The molecule has 0 atom stereocenters. The first-order chi connectivity index (χ1) is 8.31. The molecule has 1 aliphatic rings. The molecule has 0 aromatic heterocycles. The molecule has 1 N–H and O–H groups in total. The van der Waals surface area contributed by atoms with Gasteiger partial charge < -0.3 is 10.1 Å². The molecule has 0 bridgehead atoms. The Morgan fingerprint density at radius 3 is 3.00 bits per heavy atom. The zero-order valence-corrected chi connectivity index (χ0v) is 11.6. The van der Waals surface area contributed by atoms with Crippen molar-refractivity contribution in [1.82, 2.24) is 5.32 Å². The molecule has 0 unspecified atom stereocenters. The van der Waals surface area contributed by atoms with E-state index < -0.39 is 0 Å². The van der Waals surface area contributed by atoms with E-state index in [1.807, 2.05) is 23.9 Å². The quantitative estimate of drug-likeness (QED) is 0.607. The van der Waals surface area contributed by atoms with Gasteiger partial charge in [-0.15, -0.1) is 11.8 Å². The molecule has 2 rings (SSSR count). The summed E-state index contributed by atoms with van der Waals surface area (Å²) in [5.41, 5.74) is 1.22. The molecule has 1 aromatic carbocycles. The lowest BCUT2D eigenvalue weighted by Gasteiger charge is -2.11. The van der Waals surface area contributed by atoms with E-state index in [-0.39, 0.29) is 0 Å². The zero-order valence-electron chi connectivity index (χ0n) is 10.0. The summed E-state index contributed by atoms with van der Waals surface area (Å²) in [6.45, 7) is 1.65. The number of benzene rings is 1. The van der Waals surface area contributed by atoms with Gasteiger partial charge in [-0.05, 0) is 30.5 Å². The molecule has 2 nitrogen and oxygen atoms in total. The molecular formula is C13H18ClNOS. The van der Waals surface area contributed by atoms with E-state index >= 15 is 0 Å². The highest BCUT2D eigenvalue weighted by molar-refractivity contribution is 7.99. The van der Waals surface area contributed by atoms with Crippen LogP contribution in [-0.4, -0.2) is 25.5 Å². The van der Waals surface area contributed by atoms with E-state index in [0.29, 0.717) is 6.04 Å². The molecule has 0 saturated heterocycles. The number of hydrogen-bond acceptors (Lipinski definition) is 3. The second kappa shape index (κ2) is 6.64. The van der Waals surface area contributed by atoms with Crippen molar-refractivity contribution in [3.8, 4) is 0 Å². The molecule has 0 radical (unpaired) electrons. The smallest absolute Gasteiger partial charge is 0.0556 e. The van der Waals surface area contributed by atoms with Gasteiger partial charge in [-0.3, -0.25) is 0 Å². The van der Waals surface area contributed by atoms with E-state index in [1.165, 1.54) is 23.3 Å². The molecule has 0 heterocycles. The number of halogens is 1. The van der Waals surface area contributed by atoms with Crippen LogP contribution in [0.1, 0.15) is 18.4 Å². The van der Waals surface area contributed by atoms with Crippen LogP contribution in [0, 0.1) is 0 Å². The van der Waals surface area contributed by atoms with Gasteiger partial charge in [-0.25, -0.2) is 0 Å². The Hall–Kier alpha value is -0.220. The van der Waals surface area contributed by atoms with E-state index in [1.54, 1.807) is 7.11 Å². The number of nitrogens with one attached hydrogen (secondary N) is 1. The van der Waals surface area contributed by atoms with Crippen LogP contribution in [0.4, 0.5) is 0 Å². The van der Waals surface area contributed by atoms with Crippen molar-refractivity contribution < 1.29 is 4.74 Å². The van der Waals surface area contributed by atoms with Gasteiger partial charge in [0.2, 0.25) is 0 Å². The summed E-state index contributed by atoms with van der Waals surface area (Å²) in [5, 5.41) is 4.38. The zero-order chi connectivity index (χ0) is 12.1. The lowest BCUT2D eigenvalue weighted by atomic mass is 10.2. The Bertz CT molecular complexity index is 368. The van der Waals surface area contributed by atoms with Gasteiger partial charge in [-0.2, -0.15) is 0 Å². The van der Waals surface area contributed by atoms with Crippen molar-refractivity contribution in [2.24, 2.45) is 0 Å². The average Bonchev–Trinajstić information content (AvgIpc) is 3.12. The molecule has 4 heteroatoms. The SMILES string of the molecule is COCCSc1cccc(Cl)c1CNC1CC1. The first kappa shape index (κ1) is 13.2. The standard InChI is InChI=1S/C13H18ClNOS/c1-16-7-8-17-13-4-2-3-12(14)11(13)9-15-10-5-6-10/h2-4,10,15H,5-9H2,1H3. The maximum absolute atomic E-state index is 6.26. The first-order valence-corrected chi connectivity index (χ1v) is 7.30. The molecule has 0 aliphatic heterocycles. The molecule has 17 heavy (non-hydrogen) atoms. The summed E-state index contributed by atoms with van der Waals surface area (Å²) in [6.07, 6.45) is 2.60. The van der Waals surface area contributed by atoms with Crippen LogP contribution in [0.2, 0.25) is 5.02 Å². The minimum absolute atomic E-state index is 0.711. The van der Waals surface area contributed by atoms with E-state index in [2.05, 4.69) is 11.4 Å². The van der Waals surface area contributed by atoms with Gasteiger partial charge in [0, 0.05) is 35.4 Å². The van der Waals surface area contributed by atoms with Crippen LogP contribution in [0.15, 0.2) is 23.1 Å². The number of rotatable bonds is 7. The van der Waals surface area contributed by atoms with Crippen LogP contribution < -0.4 is 5.32 Å². The fraction of sp³-hybridized carbons (Fsp3) is 0.538. The molecule has 0 spiro atoms. The summed E-state index contributed by atoms with van der Waals surface area (Å²) >= 11 is 8.07. The summed E-state index contributed by atoms with van der Waals surface area (Å²) in [4.78, 5) is 1.27. The largest absolute Gasteiger partial charge is 0.384 e. The third-order valence-corrected chi connectivity index (χ3v) is 4.18. The minimum atomic E-state index is 0.711. The second-order valence-corrected chi connectivity index (χ2v) is 5.76. The van der Waals surface area contributed by atoms with Crippen molar-refractivity contribution in [2.45, 2.75) is 30.3 Å². The number of methoxy groups -OCH3 is 1. The molecular weight excluding hydrogens is 254 g/mol. The van der Waals surface area contributed by atoms with Crippen LogP contribution in [0.3, 0.4) is 0 Å². The average molecular weight is 272 g/mol. The van der Waals surface area contributed by atoms with Crippen LogP contribution in [0.5, 0.6) is 0 Å². The van der Waals surface area contributed by atoms with E-state index in [9.17, 15) is 0 Å². The Balaban J connectivity index is 1.98. The minimum Gasteiger partial charge on any atom is -0.384 e. The van der Waals surface area contributed by atoms with Gasteiger partial charge in [-0.1, -0.05) is 17.7 Å². The molecule has 0 amide bonds. The van der Waals surface area contributed by atoms with Gasteiger partial charge >= 0.3 is 0 Å². The van der Waals surface area contributed by atoms with Crippen LogP contribution >= 0.6 is 23.4 Å². The van der Waals surface area contributed by atoms with Crippen LogP contribution in [0.25, 0.3) is 0 Å². The molecule has 1 saturated carbocycles. The van der Waals surface area contributed by atoms with Crippen molar-refractivity contribution in [3.63, 3.8) is 0 Å². The maximum atomic E-state index is 6.26. The number of hydrogen-bond donors (Lipinski definition) is 1. The third kappa shape index (κ3) is 4.18. The number of ether oxygens (including phenoxy) is 1. The Labute approximate surface area is 112 Å². The first-order valence-electron chi connectivity index (χ1n) is 5.94. The predicted molar refractivity (Wildman–Crippen MR) is 73.9 cm³/mol. The Morgan fingerprint density at radius 2 is 2.29 bits per heavy atom. The van der Waals surface area contributed by atoms with Crippen molar-refractivity contribution in [2.75, 3.05) is 19.5 Å². The highest BCUT2D eigenvalue weighted by Crippen LogP contribution is 2.29. The van der Waals surface area contributed by atoms with Crippen molar-refractivity contribution in [3.05, 3.63) is 28.8 Å². The van der Waals surface area contributed by atoms with Gasteiger partial charge in [0.15, 0.2) is 0 Å². The third-order valence-electron chi connectivity index (χ3n) is 2.77. The summed E-state index contributed by atoms with van der Waals surface area (Å²) in [5.74, 6) is 0.966. The van der Waals surface area contributed by atoms with Crippen molar-refractivity contribution in [1.29, 1.82) is 0 Å². The summed E-state index contributed by atoms with van der Waals surface area (Å²) in [7, 11) is 1.73. The monoisotopic (exact) mass is 271 g/mol. The molecule has 1 aromatic rings. The molecule has 94 valence electrons. The van der Waals surface area contributed by atoms with E-state index in [4.69, 9.17) is 16.3 Å². The Kier molecular flexibility index (Phi) is 5.16. The highest BCUT2D eigenvalue weighted by atomic mass is 35.5. The number of thioether (sulfide) groups is 1. The van der Waals surface area contributed by atoms with E-state index in [0.717, 1.165) is 23.9 Å². The topological polar surface area (TPSA) is 21.3 Å².